The van der Waals surface area contributed by atoms with E-state index in [0.717, 1.165) is 10.6 Å². The summed E-state index contributed by atoms with van der Waals surface area (Å²) in [5, 5.41) is 9.40. The summed E-state index contributed by atoms with van der Waals surface area (Å²) in [6.07, 6.45) is 0. The minimum atomic E-state index is -0.205. The number of amidine groups is 1. The van der Waals surface area contributed by atoms with Gasteiger partial charge in [0.2, 0.25) is 0 Å². The molecular formula is C13H15N3OS. The minimum Gasteiger partial charge on any atom is -0.384 e. The van der Waals surface area contributed by atoms with Crippen molar-refractivity contribution < 1.29 is 0 Å². The highest BCUT2D eigenvalue weighted by Gasteiger charge is 2.14. The lowest BCUT2D eigenvalue weighted by Crippen LogP contribution is -2.31. The maximum Gasteiger partial charge on any atom is 0.262 e. The van der Waals surface area contributed by atoms with Crippen molar-refractivity contribution in [1.29, 1.82) is 5.41 Å². The van der Waals surface area contributed by atoms with Crippen LogP contribution >= 0.6 is 11.3 Å². The van der Waals surface area contributed by atoms with Gasteiger partial charge in [-0.1, -0.05) is 6.07 Å². The van der Waals surface area contributed by atoms with Crippen LogP contribution in [0.2, 0.25) is 0 Å². The number of nitrogens with zero attached hydrogens (tertiary/aromatic N) is 1. The lowest BCUT2D eigenvalue weighted by molar-refractivity contribution is 0.585. The Morgan fingerprint density at radius 3 is 2.61 bits per heavy atom. The first-order valence-corrected chi connectivity index (χ1v) is 6.54. The van der Waals surface area contributed by atoms with Crippen molar-refractivity contribution in [3.8, 4) is 10.6 Å². The van der Waals surface area contributed by atoms with Crippen molar-refractivity contribution in [3.05, 3.63) is 45.6 Å². The van der Waals surface area contributed by atoms with E-state index < -0.39 is 0 Å². The molecule has 0 bridgehead atoms. The van der Waals surface area contributed by atoms with Gasteiger partial charge in [0.1, 0.15) is 5.84 Å². The number of hydrogen-bond acceptors (Lipinski definition) is 3. The molecule has 18 heavy (non-hydrogen) atoms. The SMILES string of the molecule is CC(C)n1c(-c2cccs2)ccc(C(=N)N)c1=O. The molecule has 0 aromatic carbocycles. The fourth-order valence-electron chi connectivity index (χ4n) is 1.90. The molecule has 0 amide bonds. The average Bonchev–Trinajstić information content (AvgIpc) is 2.80. The molecule has 5 heteroatoms. The zero-order chi connectivity index (χ0) is 13.3. The maximum absolute atomic E-state index is 12.3. The standard InChI is InChI=1S/C13H15N3OS/c1-8(2)16-10(11-4-3-7-18-11)6-5-9(12(14)15)13(16)17/h3-8H,1-2H3,(H3,14,15). The predicted octanol–water partition coefficient (Wildman–Crippen LogP) is 2.44. The van der Waals surface area contributed by atoms with Crippen LogP contribution in [0.25, 0.3) is 10.6 Å². The molecule has 0 unspecified atom stereocenters. The minimum absolute atomic E-state index is 0.0221. The van der Waals surface area contributed by atoms with E-state index in [1.807, 2.05) is 37.4 Å². The highest BCUT2D eigenvalue weighted by Crippen LogP contribution is 2.25. The Morgan fingerprint density at radius 1 is 1.39 bits per heavy atom. The molecule has 2 aromatic heterocycles. The van der Waals surface area contributed by atoms with Crippen LogP contribution in [-0.4, -0.2) is 10.4 Å². The molecule has 4 nitrogen and oxygen atoms in total. The van der Waals surface area contributed by atoms with Crippen molar-refractivity contribution in [2.75, 3.05) is 0 Å². The predicted molar refractivity (Wildman–Crippen MR) is 75.4 cm³/mol. The number of pyridine rings is 1. The van der Waals surface area contributed by atoms with Crippen LogP contribution in [0, 0.1) is 5.41 Å². The molecule has 0 spiro atoms. The molecule has 0 saturated carbocycles. The summed E-state index contributed by atoms with van der Waals surface area (Å²) in [7, 11) is 0. The number of hydrogen-bond donors (Lipinski definition) is 2. The number of aromatic nitrogens is 1. The topological polar surface area (TPSA) is 71.9 Å². The van der Waals surface area contributed by atoms with E-state index in [0.29, 0.717) is 0 Å². The summed E-state index contributed by atoms with van der Waals surface area (Å²) in [5.74, 6) is -0.188. The first-order chi connectivity index (χ1) is 8.52. The molecule has 0 saturated heterocycles. The second kappa shape index (κ2) is 4.78. The Labute approximate surface area is 109 Å². The van der Waals surface area contributed by atoms with Crippen LogP contribution in [0.1, 0.15) is 25.5 Å². The van der Waals surface area contributed by atoms with E-state index in [9.17, 15) is 4.79 Å². The third-order valence-corrected chi connectivity index (χ3v) is 3.59. The summed E-state index contributed by atoms with van der Waals surface area (Å²) in [4.78, 5) is 13.4. The van der Waals surface area contributed by atoms with Gasteiger partial charge in [-0.3, -0.25) is 10.2 Å². The molecular weight excluding hydrogens is 246 g/mol. The van der Waals surface area contributed by atoms with E-state index in [1.54, 1.807) is 22.0 Å². The van der Waals surface area contributed by atoms with E-state index in [4.69, 9.17) is 11.1 Å². The van der Waals surface area contributed by atoms with E-state index >= 15 is 0 Å². The second-order valence-electron chi connectivity index (χ2n) is 4.29. The lowest BCUT2D eigenvalue weighted by atomic mass is 10.2. The molecule has 0 radical (unpaired) electrons. The fourth-order valence-corrected chi connectivity index (χ4v) is 2.64. The molecule has 0 aliphatic carbocycles. The third kappa shape index (κ3) is 2.09. The number of nitrogen functional groups attached to an aromatic ring is 1. The number of thiophene rings is 1. The first kappa shape index (κ1) is 12.6. The van der Waals surface area contributed by atoms with Crippen LogP contribution in [0.3, 0.4) is 0 Å². The normalized spacial score (nSPS) is 10.8. The quantitative estimate of drug-likeness (QED) is 0.658. The highest BCUT2D eigenvalue weighted by molar-refractivity contribution is 7.13. The Balaban J connectivity index is 2.73. The largest absolute Gasteiger partial charge is 0.384 e. The van der Waals surface area contributed by atoms with Gasteiger partial charge in [0.05, 0.1) is 16.1 Å². The lowest BCUT2D eigenvalue weighted by Gasteiger charge is -2.16. The van der Waals surface area contributed by atoms with Gasteiger partial charge < -0.3 is 10.3 Å². The van der Waals surface area contributed by atoms with Crippen LogP contribution in [-0.2, 0) is 0 Å². The van der Waals surface area contributed by atoms with E-state index in [2.05, 4.69) is 0 Å². The molecule has 0 atom stereocenters. The molecule has 2 heterocycles. The molecule has 0 aliphatic heterocycles. The van der Waals surface area contributed by atoms with Crippen LogP contribution in [0.4, 0.5) is 0 Å². The summed E-state index contributed by atoms with van der Waals surface area (Å²) >= 11 is 1.59. The Hall–Kier alpha value is -1.88. The zero-order valence-electron chi connectivity index (χ0n) is 10.3. The van der Waals surface area contributed by atoms with Gasteiger partial charge >= 0.3 is 0 Å². The Morgan fingerprint density at radius 2 is 2.11 bits per heavy atom. The first-order valence-electron chi connectivity index (χ1n) is 5.66. The van der Waals surface area contributed by atoms with Crippen LogP contribution in [0.5, 0.6) is 0 Å². The summed E-state index contributed by atoms with van der Waals surface area (Å²) in [6, 6.07) is 7.43. The molecule has 2 rings (SSSR count). The van der Waals surface area contributed by atoms with Crippen molar-refractivity contribution in [2.45, 2.75) is 19.9 Å². The van der Waals surface area contributed by atoms with Gasteiger partial charge in [0.15, 0.2) is 0 Å². The van der Waals surface area contributed by atoms with Gasteiger partial charge in [-0.05, 0) is 37.4 Å². The number of nitrogens with one attached hydrogen (secondary N) is 1. The molecule has 94 valence electrons. The fraction of sp³-hybridized carbons (Fsp3) is 0.231. The van der Waals surface area contributed by atoms with Gasteiger partial charge in [-0.2, -0.15) is 0 Å². The maximum atomic E-state index is 12.3. The zero-order valence-corrected chi connectivity index (χ0v) is 11.1. The van der Waals surface area contributed by atoms with Gasteiger partial charge in [-0.25, -0.2) is 0 Å². The van der Waals surface area contributed by atoms with E-state index in [1.165, 1.54) is 0 Å². The average molecular weight is 261 g/mol. The van der Waals surface area contributed by atoms with Crippen LogP contribution in [0.15, 0.2) is 34.4 Å². The summed E-state index contributed by atoms with van der Waals surface area (Å²) in [5.41, 5.74) is 6.34. The van der Waals surface area contributed by atoms with Crippen molar-refractivity contribution in [3.63, 3.8) is 0 Å². The van der Waals surface area contributed by atoms with Gasteiger partial charge in [0.25, 0.3) is 5.56 Å². The smallest absolute Gasteiger partial charge is 0.262 e. The highest BCUT2D eigenvalue weighted by atomic mass is 32.1. The molecule has 2 aromatic rings. The number of rotatable bonds is 3. The van der Waals surface area contributed by atoms with Crippen LogP contribution < -0.4 is 11.3 Å². The summed E-state index contributed by atoms with van der Waals surface area (Å²) in [6.45, 7) is 3.89. The summed E-state index contributed by atoms with van der Waals surface area (Å²) < 4.78 is 1.68. The molecule has 3 N–H and O–H groups in total. The Kier molecular flexibility index (Phi) is 3.34. The molecule has 0 fully saturated rings. The molecule has 0 aliphatic rings. The monoisotopic (exact) mass is 261 g/mol. The van der Waals surface area contributed by atoms with E-state index in [-0.39, 0.29) is 23.0 Å². The second-order valence-corrected chi connectivity index (χ2v) is 5.24. The Bertz CT molecular complexity index is 626. The van der Waals surface area contributed by atoms with Crippen molar-refractivity contribution >= 4 is 17.2 Å². The number of nitrogens with two attached hydrogens (primary N) is 1. The van der Waals surface area contributed by atoms with Crippen molar-refractivity contribution in [1.82, 2.24) is 4.57 Å². The van der Waals surface area contributed by atoms with Gasteiger partial charge in [-0.15, -0.1) is 11.3 Å². The van der Waals surface area contributed by atoms with Crippen molar-refractivity contribution in [2.24, 2.45) is 5.73 Å². The third-order valence-electron chi connectivity index (χ3n) is 2.70. The van der Waals surface area contributed by atoms with Gasteiger partial charge in [0, 0.05) is 6.04 Å².